The number of rotatable bonds is 3. The average Bonchev–Trinajstić information content (AvgIpc) is 2.52. The van der Waals surface area contributed by atoms with E-state index in [-0.39, 0.29) is 11.6 Å². The average molecular weight is 367 g/mol. The second kappa shape index (κ2) is 6.47. The number of carbonyl (C=O) groups is 1. The lowest BCUT2D eigenvalue weighted by Crippen LogP contribution is -2.18. The van der Waals surface area contributed by atoms with Gasteiger partial charge in [0.05, 0.1) is 11.1 Å². The Kier molecular flexibility index (Phi) is 4.94. The SMILES string of the molecule is O=C(c1ccc(C(F)(F)F)cc1C(F)(F)F)C(Cl)c1ccccc1. The first-order valence-electron chi connectivity index (χ1n) is 6.53. The van der Waals surface area contributed by atoms with E-state index in [0.717, 1.165) is 0 Å². The van der Waals surface area contributed by atoms with Gasteiger partial charge >= 0.3 is 12.4 Å². The largest absolute Gasteiger partial charge is 0.417 e. The van der Waals surface area contributed by atoms with E-state index in [1.165, 1.54) is 24.3 Å². The highest BCUT2D eigenvalue weighted by Gasteiger charge is 2.40. The van der Waals surface area contributed by atoms with Crippen LogP contribution in [0, 0.1) is 0 Å². The summed E-state index contributed by atoms with van der Waals surface area (Å²) in [5.41, 5.74) is -3.81. The van der Waals surface area contributed by atoms with Crippen LogP contribution in [0.2, 0.25) is 0 Å². The predicted octanol–water partition coefficient (Wildman–Crippen LogP) is 5.89. The van der Waals surface area contributed by atoms with Gasteiger partial charge in [-0.25, -0.2) is 0 Å². The highest BCUT2D eigenvalue weighted by molar-refractivity contribution is 6.34. The molecule has 0 radical (unpaired) electrons. The van der Waals surface area contributed by atoms with Crippen molar-refractivity contribution in [3.63, 3.8) is 0 Å². The summed E-state index contributed by atoms with van der Waals surface area (Å²) in [6.45, 7) is 0. The maximum atomic E-state index is 13.1. The molecule has 128 valence electrons. The van der Waals surface area contributed by atoms with Gasteiger partial charge in [-0.3, -0.25) is 4.79 Å². The highest BCUT2D eigenvalue weighted by Crippen LogP contribution is 2.39. The summed E-state index contributed by atoms with van der Waals surface area (Å²) in [5, 5.41) is -1.44. The molecule has 8 heteroatoms. The minimum Gasteiger partial charge on any atom is -0.292 e. The lowest BCUT2D eigenvalue weighted by Gasteiger charge is -2.17. The van der Waals surface area contributed by atoms with E-state index < -0.39 is 40.2 Å². The second-order valence-electron chi connectivity index (χ2n) is 4.89. The molecule has 2 aromatic carbocycles. The number of Topliss-reactive ketones (excluding diaryl/α,β-unsaturated/α-hetero) is 1. The fourth-order valence-corrected chi connectivity index (χ4v) is 2.34. The van der Waals surface area contributed by atoms with E-state index in [0.29, 0.717) is 12.1 Å². The van der Waals surface area contributed by atoms with Crippen LogP contribution in [-0.2, 0) is 12.4 Å². The van der Waals surface area contributed by atoms with Crippen LogP contribution in [0.5, 0.6) is 0 Å². The van der Waals surface area contributed by atoms with Gasteiger partial charge in [-0.15, -0.1) is 11.6 Å². The standard InChI is InChI=1S/C16H9ClF6O/c17-13(9-4-2-1-3-5-9)14(24)11-7-6-10(15(18,19)20)8-12(11)16(21,22)23/h1-8,13H. The van der Waals surface area contributed by atoms with Crippen LogP contribution in [-0.4, -0.2) is 5.78 Å². The first kappa shape index (κ1) is 18.3. The molecule has 0 aromatic heterocycles. The Morgan fingerprint density at radius 2 is 1.46 bits per heavy atom. The first-order valence-corrected chi connectivity index (χ1v) is 6.97. The first-order chi connectivity index (χ1) is 11.0. The molecule has 0 aliphatic heterocycles. The summed E-state index contributed by atoms with van der Waals surface area (Å²) in [6.07, 6.45) is -10.1. The number of benzene rings is 2. The van der Waals surface area contributed by atoms with Crippen molar-refractivity contribution in [2.75, 3.05) is 0 Å². The van der Waals surface area contributed by atoms with Gasteiger partial charge in [-0.05, 0) is 17.7 Å². The number of alkyl halides is 7. The van der Waals surface area contributed by atoms with E-state index in [1.807, 2.05) is 0 Å². The molecule has 0 saturated carbocycles. The number of carbonyl (C=O) groups excluding carboxylic acids is 1. The maximum Gasteiger partial charge on any atom is 0.417 e. The normalized spacial score (nSPS) is 13.6. The minimum absolute atomic E-state index is 0.0815. The van der Waals surface area contributed by atoms with Crippen molar-refractivity contribution in [3.05, 3.63) is 70.8 Å². The molecule has 0 fully saturated rings. The van der Waals surface area contributed by atoms with Gasteiger partial charge in [0, 0.05) is 5.56 Å². The molecule has 1 atom stereocenters. The quantitative estimate of drug-likeness (QED) is 0.376. The molecule has 0 bridgehead atoms. The molecule has 0 saturated heterocycles. The van der Waals surface area contributed by atoms with Gasteiger partial charge < -0.3 is 0 Å². The summed E-state index contributed by atoms with van der Waals surface area (Å²) >= 11 is 5.90. The zero-order valence-electron chi connectivity index (χ0n) is 11.8. The third-order valence-corrected chi connectivity index (χ3v) is 3.69. The molecule has 0 aliphatic rings. The molecule has 0 amide bonds. The lowest BCUT2D eigenvalue weighted by molar-refractivity contribution is -0.143. The predicted molar refractivity (Wildman–Crippen MR) is 75.8 cm³/mol. The third-order valence-electron chi connectivity index (χ3n) is 3.24. The zero-order chi connectivity index (χ0) is 18.1. The van der Waals surface area contributed by atoms with Gasteiger partial charge in [0.1, 0.15) is 5.38 Å². The molecule has 1 unspecified atom stereocenters. The summed E-state index contributed by atoms with van der Waals surface area (Å²) in [4.78, 5) is 12.3. The van der Waals surface area contributed by atoms with Crippen LogP contribution in [0.25, 0.3) is 0 Å². The van der Waals surface area contributed by atoms with Crippen LogP contribution in [0.15, 0.2) is 48.5 Å². The molecule has 24 heavy (non-hydrogen) atoms. The van der Waals surface area contributed by atoms with Crippen molar-refractivity contribution in [1.82, 2.24) is 0 Å². The Hall–Kier alpha value is -2.02. The van der Waals surface area contributed by atoms with Crippen molar-refractivity contribution < 1.29 is 31.1 Å². The molecular formula is C16H9ClF6O. The summed E-state index contributed by atoms with van der Waals surface area (Å²) in [6, 6.07) is 8.42. The summed E-state index contributed by atoms with van der Waals surface area (Å²) in [7, 11) is 0. The molecule has 2 aromatic rings. The van der Waals surface area contributed by atoms with Crippen molar-refractivity contribution in [1.29, 1.82) is 0 Å². The van der Waals surface area contributed by atoms with Crippen molar-refractivity contribution in [2.24, 2.45) is 0 Å². The van der Waals surface area contributed by atoms with E-state index in [2.05, 4.69) is 0 Å². The van der Waals surface area contributed by atoms with Crippen molar-refractivity contribution in [3.8, 4) is 0 Å². The molecule has 2 rings (SSSR count). The topological polar surface area (TPSA) is 17.1 Å². The molecule has 0 spiro atoms. The number of hydrogen-bond donors (Lipinski definition) is 0. The Bertz CT molecular complexity index is 736. The number of ketones is 1. The Balaban J connectivity index is 2.51. The second-order valence-corrected chi connectivity index (χ2v) is 5.33. The fourth-order valence-electron chi connectivity index (χ4n) is 2.08. The van der Waals surface area contributed by atoms with Gasteiger partial charge in [0.25, 0.3) is 0 Å². The van der Waals surface area contributed by atoms with Gasteiger partial charge in [0.2, 0.25) is 0 Å². The molecular weight excluding hydrogens is 358 g/mol. The molecule has 0 aliphatic carbocycles. The summed E-state index contributed by atoms with van der Waals surface area (Å²) < 4.78 is 77.1. The van der Waals surface area contributed by atoms with Crippen LogP contribution in [0.3, 0.4) is 0 Å². The zero-order valence-corrected chi connectivity index (χ0v) is 12.5. The monoisotopic (exact) mass is 366 g/mol. The van der Waals surface area contributed by atoms with Gasteiger partial charge in [0.15, 0.2) is 5.78 Å². The highest BCUT2D eigenvalue weighted by atomic mass is 35.5. The Labute approximate surface area is 137 Å². The van der Waals surface area contributed by atoms with E-state index >= 15 is 0 Å². The Morgan fingerprint density at radius 3 is 1.96 bits per heavy atom. The molecule has 0 N–H and O–H groups in total. The molecule has 1 nitrogen and oxygen atoms in total. The van der Waals surface area contributed by atoms with Crippen LogP contribution in [0.1, 0.15) is 32.4 Å². The van der Waals surface area contributed by atoms with E-state index in [4.69, 9.17) is 11.6 Å². The third kappa shape index (κ3) is 3.90. The van der Waals surface area contributed by atoms with Gasteiger partial charge in [-0.2, -0.15) is 26.3 Å². The lowest BCUT2D eigenvalue weighted by atomic mass is 9.96. The fraction of sp³-hybridized carbons (Fsp3) is 0.188. The maximum absolute atomic E-state index is 13.1. The van der Waals surface area contributed by atoms with E-state index in [9.17, 15) is 31.1 Å². The van der Waals surface area contributed by atoms with Gasteiger partial charge in [-0.1, -0.05) is 36.4 Å². The van der Waals surface area contributed by atoms with Crippen molar-refractivity contribution >= 4 is 17.4 Å². The Morgan fingerprint density at radius 1 is 0.875 bits per heavy atom. The smallest absolute Gasteiger partial charge is 0.292 e. The van der Waals surface area contributed by atoms with Crippen molar-refractivity contribution in [2.45, 2.75) is 17.7 Å². The van der Waals surface area contributed by atoms with Crippen LogP contribution in [0.4, 0.5) is 26.3 Å². The van der Waals surface area contributed by atoms with Crippen LogP contribution >= 0.6 is 11.6 Å². The minimum atomic E-state index is -5.13. The summed E-state index contributed by atoms with van der Waals surface area (Å²) in [5.74, 6) is -1.12. The van der Waals surface area contributed by atoms with Crippen LogP contribution < -0.4 is 0 Å². The number of hydrogen-bond acceptors (Lipinski definition) is 1. The number of halogens is 7. The molecule has 0 heterocycles. The van der Waals surface area contributed by atoms with E-state index in [1.54, 1.807) is 6.07 Å².